The number of carboxylic acids is 2. The van der Waals surface area contributed by atoms with Crippen molar-refractivity contribution in [2.45, 2.75) is 266 Å². The molecule has 3 amide bonds. The number of hydrogen-bond acceptors (Lipinski definition) is 39. The number of rotatable bonds is 27. The molecule has 7 aliphatic heterocycles. The number of carbonyl (C=O) groups is 5. The zero-order valence-electron chi connectivity index (χ0n) is 52.5. The quantitative estimate of drug-likeness (QED) is 0.0363. The van der Waals surface area contributed by atoms with Crippen molar-refractivity contribution in [3.8, 4) is 0 Å². The fraction of sp³-hybridized carbons (Fsp3) is 0.907. The summed E-state index contributed by atoms with van der Waals surface area (Å²) in [6.45, 7) is -3.69. The largest absolute Gasteiger partial charge is 0.477 e. The van der Waals surface area contributed by atoms with Crippen LogP contribution in [0.3, 0.4) is 0 Å². The minimum atomic E-state index is -3.42. The molecule has 44 nitrogen and oxygen atoms in total. The van der Waals surface area contributed by atoms with Crippen LogP contribution in [0.1, 0.15) is 40.5 Å². The van der Waals surface area contributed by atoms with E-state index in [9.17, 15) is 141 Å². The molecule has 0 spiro atoms. The van der Waals surface area contributed by atoms with Crippen LogP contribution in [0.5, 0.6) is 0 Å². The van der Waals surface area contributed by atoms with Crippen LogP contribution in [0, 0.1) is 0 Å². The molecule has 26 N–H and O–H groups in total. The summed E-state index contributed by atoms with van der Waals surface area (Å²) >= 11 is 0. The maximum absolute atomic E-state index is 13.7. The van der Waals surface area contributed by atoms with Gasteiger partial charge in [-0.1, -0.05) is 0 Å². The second kappa shape index (κ2) is 34.1. The number of aliphatic hydroxyl groups excluding tert-OH is 21. The molecule has 98 heavy (non-hydrogen) atoms. The molecule has 44 heteroatoms. The number of aliphatic hydroxyl groups is 21. The average molecular weight is 1440 g/mol. The predicted molar refractivity (Wildman–Crippen MR) is 300 cm³/mol. The minimum absolute atomic E-state index is 0.824. The standard InChI is InChI=1S/C54H89N3O41/c1-13-28(70)33(75)36(78)48(87-13)93-40-24(12-86-53(51(82)83)5-17(66)25(55-14(2)63)41(96-53)29(71)19(68)7-58)91-47(95-44-31(73)21(9-60)89-49(37(44)79)92-39-23(11-62)88-46(81)35(77)34(39)76)27(57-16(4)65)43(40)94-50-38(80)45(32(74)22(10-61)90-50)98-54(52(84)85)6-18(67)26(56-15(3)64)42(97-54)30(72)20(69)8-59/h13,17-50,58-62,66-81H,5-12H2,1-4H3,(H,55,63)(H,56,64)(H,57,65)(H,82,83)(H,84,85)/t13-,17-,18-,19+,20+,21+,22+,23+,24+,25+,26+,27+,28+,29+,30+,31-,32-,33+,34+,35+,36-,37+,38+,39+,40+,41+,42+,43+,44-,45-,46+,47-,48-,49-,50-,53+,54-/m0/s1. The van der Waals surface area contributed by atoms with Gasteiger partial charge in [0, 0.05) is 33.6 Å². The van der Waals surface area contributed by atoms with Crippen LogP contribution >= 0.6 is 0 Å². The molecule has 7 heterocycles. The summed E-state index contributed by atoms with van der Waals surface area (Å²) < 4.78 is 76.8. The molecule has 7 saturated heterocycles. The summed E-state index contributed by atoms with van der Waals surface area (Å²) in [7, 11) is 0. The van der Waals surface area contributed by atoms with Gasteiger partial charge in [-0.2, -0.15) is 0 Å². The van der Waals surface area contributed by atoms with E-state index >= 15 is 0 Å². The van der Waals surface area contributed by atoms with Gasteiger partial charge in [-0.15, -0.1) is 0 Å². The van der Waals surface area contributed by atoms with Crippen molar-refractivity contribution in [1.82, 2.24) is 16.0 Å². The molecule has 7 aliphatic rings. The highest BCUT2D eigenvalue weighted by atomic mass is 16.8. The van der Waals surface area contributed by atoms with Crippen molar-refractivity contribution in [2.24, 2.45) is 0 Å². The van der Waals surface area contributed by atoms with Gasteiger partial charge in [-0.05, 0) is 6.92 Å². The lowest BCUT2D eigenvalue weighted by molar-refractivity contribution is -0.402. The van der Waals surface area contributed by atoms with E-state index in [1.807, 2.05) is 0 Å². The van der Waals surface area contributed by atoms with Crippen molar-refractivity contribution in [1.29, 1.82) is 0 Å². The van der Waals surface area contributed by atoms with Crippen molar-refractivity contribution >= 4 is 29.7 Å². The number of carboxylic acid groups (broad SMARTS) is 2. The Morgan fingerprint density at radius 1 is 0.439 bits per heavy atom. The number of aliphatic carboxylic acids is 2. The fourth-order valence-electron chi connectivity index (χ4n) is 12.4. The van der Waals surface area contributed by atoms with Crippen molar-refractivity contribution in [3.05, 3.63) is 0 Å². The third-order valence-electron chi connectivity index (χ3n) is 17.7. The Labute approximate surface area is 553 Å². The third-order valence-corrected chi connectivity index (χ3v) is 17.7. The molecule has 0 aromatic heterocycles. The lowest BCUT2D eigenvalue weighted by Crippen LogP contribution is -2.72. The number of hydrogen-bond donors (Lipinski definition) is 26. The van der Waals surface area contributed by atoms with E-state index in [0.717, 1.165) is 27.7 Å². The first-order valence-corrected chi connectivity index (χ1v) is 30.7. The number of amides is 3. The van der Waals surface area contributed by atoms with Crippen LogP contribution in [0.25, 0.3) is 0 Å². The SMILES string of the molecule is CC(=O)N[C@H]1[C@H](O[C@H]2[C@@H](O)[C@@H](CO)O[C@@H](O[C@H]3[C@H](O)[C@@H](O)[C@H](O)O[C@@H]3CO)[C@@H]2O)O[C@H](CO[C@]2(C(=O)O)C[C@H](O)[C@@H](NC(C)=O)[C@H]([C@H](O)[C@H](O)CO)O2)[C@@H](O[C@@H]2O[C@@H](C)[C@@H](O)[C@@H](O)[C@@H]2O)[C@@H]1O[C@@H]1O[C@H](CO)[C@H](O)[C@H](O[C@]2(C(=O)O)C[C@H](O)[C@@H](NC(C)=O)[C@H]([C@H](O)[C@H](O)CO)O2)[C@H]1O. The maximum Gasteiger partial charge on any atom is 0.364 e. The monoisotopic (exact) mass is 1440 g/mol. The predicted octanol–water partition coefficient (Wildman–Crippen LogP) is -16.4. The van der Waals surface area contributed by atoms with Gasteiger partial charge >= 0.3 is 11.9 Å². The molecule has 0 radical (unpaired) electrons. The topological polar surface area (TPSA) is 707 Å². The van der Waals surface area contributed by atoms with Crippen LogP contribution in [0.15, 0.2) is 0 Å². The average Bonchev–Trinajstić information content (AvgIpc) is 0.750. The first kappa shape index (κ1) is 81.3. The molecule has 37 atom stereocenters. The minimum Gasteiger partial charge on any atom is -0.477 e. The first-order chi connectivity index (χ1) is 45.9. The Morgan fingerprint density at radius 3 is 1.34 bits per heavy atom. The van der Waals surface area contributed by atoms with Gasteiger partial charge in [-0.25, -0.2) is 9.59 Å². The summed E-state index contributed by atoms with van der Waals surface area (Å²) in [5.41, 5.74) is 0. The maximum atomic E-state index is 13.7. The molecule has 0 unspecified atom stereocenters. The molecule has 0 saturated carbocycles. The van der Waals surface area contributed by atoms with E-state index in [1.165, 1.54) is 0 Å². The van der Waals surface area contributed by atoms with E-state index < -0.39 is 308 Å². The molecule has 0 aromatic carbocycles. The number of carbonyl (C=O) groups excluding carboxylic acids is 3. The number of ether oxygens (including phenoxy) is 13. The van der Waals surface area contributed by atoms with Gasteiger partial charge in [-0.3, -0.25) is 14.4 Å². The van der Waals surface area contributed by atoms with Crippen LogP contribution in [-0.2, 0) is 85.6 Å². The summed E-state index contributed by atoms with van der Waals surface area (Å²) in [6, 6.07) is -5.90. The molecule has 566 valence electrons. The zero-order chi connectivity index (χ0) is 73.1. The lowest BCUT2D eigenvalue weighted by atomic mass is 9.88. The summed E-state index contributed by atoms with van der Waals surface area (Å²) in [6.07, 6.45) is -74.5. The van der Waals surface area contributed by atoms with E-state index in [1.54, 1.807) is 0 Å². The first-order valence-electron chi connectivity index (χ1n) is 30.7. The Bertz CT molecular complexity index is 2630. The van der Waals surface area contributed by atoms with E-state index in [0.29, 0.717) is 0 Å². The summed E-state index contributed by atoms with van der Waals surface area (Å²) in [4.78, 5) is 65.5. The van der Waals surface area contributed by atoms with Gasteiger partial charge in [0.1, 0.15) is 153 Å². The van der Waals surface area contributed by atoms with Gasteiger partial charge in [0.05, 0.1) is 70.0 Å². The molecule has 0 aromatic rings. The highest BCUT2D eigenvalue weighted by Crippen LogP contribution is 2.42. The Balaban J connectivity index is 1.39. The highest BCUT2D eigenvalue weighted by Gasteiger charge is 2.64. The van der Waals surface area contributed by atoms with Crippen LogP contribution in [0.4, 0.5) is 0 Å². The van der Waals surface area contributed by atoms with Gasteiger partial charge in [0.25, 0.3) is 11.6 Å². The van der Waals surface area contributed by atoms with E-state index in [2.05, 4.69) is 16.0 Å². The molecular weight excluding hydrogens is 1350 g/mol. The molecule has 0 bridgehead atoms. The fourth-order valence-corrected chi connectivity index (χ4v) is 12.4. The summed E-state index contributed by atoms with van der Waals surface area (Å²) in [5, 5.41) is 259. The molecule has 0 aliphatic carbocycles. The van der Waals surface area contributed by atoms with Gasteiger partial charge in [0.15, 0.2) is 31.5 Å². The van der Waals surface area contributed by atoms with Crippen LogP contribution < -0.4 is 16.0 Å². The van der Waals surface area contributed by atoms with Crippen molar-refractivity contribution < 1.29 is 203 Å². The second-order valence-corrected chi connectivity index (χ2v) is 24.6. The Morgan fingerprint density at radius 2 is 0.857 bits per heavy atom. The Hall–Kier alpha value is -4.01. The van der Waals surface area contributed by atoms with Crippen molar-refractivity contribution in [2.75, 3.05) is 39.6 Å². The zero-order valence-corrected chi connectivity index (χ0v) is 52.5. The number of nitrogens with one attached hydrogen (secondary N) is 3. The highest BCUT2D eigenvalue weighted by molar-refractivity contribution is 5.77. The van der Waals surface area contributed by atoms with Gasteiger partial charge < -0.3 is 195 Å². The van der Waals surface area contributed by atoms with Crippen LogP contribution in [-0.4, -0.2) is 413 Å². The van der Waals surface area contributed by atoms with Crippen LogP contribution in [0.2, 0.25) is 0 Å². The third kappa shape index (κ3) is 17.4. The van der Waals surface area contributed by atoms with Crippen molar-refractivity contribution in [3.63, 3.8) is 0 Å². The molecule has 7 fully saturated rings. The van der Waals surface area contributed by atoms with Gasteiger partial charge in [0.2, 0.25) is 17.7 Å². The summed E-state index contributed by atoms with van der Waals surface area (Å²) in [5.74, 6) is -14.1. The lowest BCUT2D eigenvalue weighted by Gasteiger charge is -2.53. The molecule has 7 rings (SSSR count). The second-order valence-electron chi connectivity index (χ2n) is 24.6. The normalized spacial score (nSPS) is 46.0. The van der Waals surface area contributed by atoms with E-state index in [4.69, 9.17) is 61.6 Å². The smallest absolute Gasteiger partial charge is 0.364 e. The molecular formula is C54H89N3O41. The Kier molecular flexibility index (Phi) is 28.3. The van der Waals surface area contributed by atoms with E-state index in [-0.39, 0.29) is 0 Å².